The molecule has 0 spiro atoms. The number of morpholine rings is 1. The average molecular weight is 462 g/mol. The number of piperidine rings is 1. The number of aromatic nitrogens is 5. The van der Waals surface area contributed by atoms with E-state index in [1.54, 1.807) is 11.1 Å². The monoisotopic (exact) mass is 461 g/mol. The number of carbonyl (C=O) groups excluding carboxylic acids is 1. The largest absolute Gasteiger partial charge is 0.375 e. The van der Waals surface area contributed by atoms with Gasteiger partial charge in [0.25, 0.3) is 0 Å². The number of imidazole rings is 1. The molecule has 5 aliphatic rings. The molecule has 2 bridgehead atoms. The van der Waals surface area contributed by atoms with Crippen LogP contribution in [-0.4, -0.2) is 74.3 Å². The molecule has 0 radical (unpaired) electrons. The summed E-state index contributed by atoms with van der Waals surface area (Å²) in [5.74, 6) is 1.57. The van der Waals surface area contributed by atoms with E-state index in [0.717, 1.165) is 67.5 Å². The van der Waals surface area contributed by atoms with Gasteiger partial charge >= 0.3 is 0 Å². The number of anilines is 1. The van der Waals surface area contributed by atoms with E-state index >= 15 is 0 Å². The number of aromatic amines is 2. The normalized spacial score (nSPS) is 30.7. The number of nitrogens with zero attached hydrogens (tertiary/aromatic N) is 5. The summed E-state index contributed by atoms with van der Waals surface area (Å²) in [6.45, 7) is 5.94. The second-order valence-electron chi connectivity index (χ2n) is 11.1. The van der Waals surface area contributed by atoms with Crippen LogP contribution in [0.4, 0.5) is 5.69 Å². The Bertz CT molecular complexity index is 1290. The minimum absolute atomic E-state index is 0.0716. The molecule has 4 fully saturated rings. The lowest BCUT2D eigenvalue weighted by Crippen LogP contribution is -2.60. The fraction of sp³-hybridized carbons (Fsp3) is 0.600. The third kappa shape index (κ3) is 3.06. The van der Waals surface area contributed by atoms with Crippen molar-refractivity contribution in [3.63, 3.8) is 0 Å². The minimum Gasteiger partial charge on any atom is -0.375 e. The summed E-state index contributed by atoms with van der Waals surface area (Å²) < 4.78 is 5.82. The second kappa shape index (κ2) is 7.11. The third-order valence-corrected chi connectivity index (χ3v) is 8.87. The van der Waals surface area contributed by atoms with Crippen LogP contribution in [0.3, 0.4) is 0 Å². The maximum absolute atomic E-state index is 13.3. The van der Waals surface area contributed by atoms with Crippen molar-refractivity contribution in [2.45, 2.75) is 64.1 Å². The number of hydrogen-bond donors (Lipinski definition) is 2. The van der Waals surface area contributed by atoms with Gasteiger partial charge in [0.1, 0.15) is 5.69 Å². The van der Waals surface area contributed by atoms with Crippen LogP contribution in [0.2, 0.25) is 0 Å². The van der Waals surface area contributed by atoms with Crippen LogP contribution < -0.4 is 4.90 Å². The number of carbonyl (C=O) groups is 1. The molecule has 3 saturated heterocycles. The van der Waals surface area contributed by atoms with Crippen LogP contribution in [-0.2, 0) is 22.4 Å². The van der Waals surface area contributed by atoms with E-state index in [1.807, 2.05) is 20.0 Å². The van der Waals surface area contributed by atoms with Gasteiger partial charge < -0.3 is 14.6 Å². The van der Waals surface area contributed by atoms with Gasteiger partial charge in [-0.2, -0.15) is 5.10 Å². The number of likely N-dealkylation sites (N-methyl/N-ethyl adjacent to an activating group) is 1. The van der Waals surface area contributed by atoms with Crippen molar-refractivity contribution in [2.75, 3.05) is 25.1 Å². The lowest BCUT2D eigenvalue weighted by Gasteiger charge is -2.47. The van der Waals surface area contributed by atoms with E-state index in [-0.39, 0.29) is 18.1 Å². The van der Waals surface area contributed by atoms with Crippen LogP contribution in [0, 0.1) is 11.3 Å². The van der Waals surface area contributed by atoms with Gasteiger partial charge in [-0.15, -0.1) is 0 Å². The van der Waals surface area contributed by atoms with Crippen LogP contribution in [0.1, 0.15) is 44.4 Å². The second-order valence-corrected chi connectivity index (χ2v) is 11.1. The summed E-state index contributed by atoms with van der Waals surface area (Å²) in [4.78, 5) is 30.1. The molecule has 2 aliphatic carbocycles. The first kappa shape index (κ1) is 20.6. The van der Waals surface area contributed by atoms with Crippen molar-refractivity contribution in [3.8, 4) is 11.5 Å². The minimum atomic E-state index is -0.196. The summed E-state index contributed by atoms with van der Waals surface area (Å²) in [5.41, 5.74) is 6.11. The topological polar surface area (TPSA) is 103 Å². The number of fused-ring (bicyclic) bond motifs is 6. The first-order valence-corrected chi connectivity index (χ1v) is 12.5. The van der Waals surface area contributed by atoms with E-state index in [1.165, 1.54) is 17.7 Å². The first-order valence-electron chi connectivity index (χ1n) is 12.5. The first-order chi connectivity index (χ1) is 16.4. The van der Waals surface area contributed by atoms with Crippen molar-refractivity contribution in [1.82, 2.24) is 30.0 Å². The highest BCUT2D eigenvalue weighted by Gasteiger charge is 2.53. The molecule has 9 nitrogen and oxygen atoms in total. The molecule has 2 N–H and O–H groups in total. The summed E-state index contributed by atoms with van der Waals surface area (Å²) in [5, 5.41) is 7.86. The quantitative estimate of drug-likeness (QED) is 0.619. The molecule has 178 valence electrons. The Morgan fingerprint density at radius 1 is 1.38 bits per heavy atom. The molecule has 3 aromatic rings. The Morgan fingerprint density at radius 3 is 3.03 bits per heavy atom. The van der Waals surface area contributed by atoms with Crippen molar-refractivity contribution in [1.29, 1.82) is 0 Å². The number of amides is 1. The van der Waals surface area contributed by atoms with Crippen LogP contribution >= 0.6 is 0 Å². The smallest absolute Gasteiger partial charge is 0.243 e. The molecule has 9 heteroatoms. The zero-order chi connectivity index (χ0) is 23.2. The predicted octanol–water partition coefficient (Wildman–Crippen LogP) is 2.69. The number of hydrogen-bond acceptors (Lipinski definition) is 6. The van der Waals surface area contributed by atoms with Gasteiger partial charge in [0, 0.05) is 30.9 Å². The maximum atomic E-state index is 13.3. The molecular weight excluding hydrogens is 430 g/mol. The van der Waals surface area contributed by atoms with Gasteiger partial charge in [0.2, 0.25) is 5.91 Å². The molecule has 8 rings (SSSR count). The fourth-order valence-electron chi connectivity index (χ4n) is 6.44. The molecule has 0 unspecified atom stereocenters. The van der Waals surface area contributed by atoms with Gasteiger partial charge in [-0.3, -0.25) is 14.8 Å². The summed E-state index contributed by atoms with van der Waals surface area (Å²) in [6, 6.07) is 2.10. The molecule has 34 heavy (non-hydrogen) atoms. The SMILES string of the molecule is C[C@@H](C(=O)N(C)c1cnc2nc(-c3n[nH]c4c3C[C@@H]3C[C@]3(C)C4)[nH]c2c1)N1C[C@H]2CC[C@@H]1CO2. The third-order valence-electron chi connectivity index (χ3n) is 8.87. The molecule has 1 amide bonds. The standard InChI is InChI=1S/C25H31N7O2/c1-13(32-11-17-5-4-15(32)12-34-17)24(33)31(3)16-7-19-22(26-10-16)28-23(27-19)21-18-6-14-8-25(14,2)9-20(18)29-30-21/h7,10,13-15,17H,4-6,8-9,11-12H2,1-3H3,(H,29,30)(H,26,27,28)/t13-,14+,15+,17+,25+/m0/s1. The number of nitrogens with one attached hydrogen (secondary N) is 2. The predicted molar refractivity (Wildman–Crippen MR) is 127 cm³/mol. The number of rotatable bonds is 4. The Kier molecular flexibility index (Phi) is 4.31. The van der Waals surface area contributed by atoms with Gasteiger partial charge in [-0.1, -0.05) is 6.92 Å². The van der Waals surface area contributed by atoms with Crippen molar-refractivity contribution >= 4 is 22.8 Å². The average Bonchev–Trinajstić information content (AvgIpc) is 3.16. The Balaban J connectivity index is 1.14. The number of ether oxygens (including phenoxy) is 1. The van der Waals surface area contributed by atoms with E-state index < -0.39 is 0 Å². The molecular formula is C25H31N7O2. The van der Waals surface area contributed by atoms with Gasteiger partial charge in [0.05, 0.1) is 36.2 Å². The maximum Gasteiger partial charge on any atom is 0.243 e. The van der Waals surface area contributed by atoms with Gasteiger partial charge in [0.15, 0.2) is 11.5 Å². The molecule has 3 aliphatic heterocycles. The summed E-state index contributed by atoms with van der Waals surface area (Å²) in [7, 11) is 1.83. The van der Waals surface area contributed by atoms with Crippen molar-refractivity contribution < 1.29 is 9.53 Å². The Hall–Kier alpha value is -2.78. The zero-order valence-corrected chi connectivity index (χ0v) is 20.0. The highest BCUT2D eigenvalue weighted by molar-refractivity contribution is 5.97. The number of pyridine rings is 1. The molecule has 6 heterocycles. The zero-order valence-electron chi connectivity index (χ0n) is 20.0. The van der Waals surface area contributed by atoms with E-state index in [4.69, 9.17) is 9.72 Å². The summed E-state index contributed by atoms with van der Waals surface area (Å²) in [6.07, 6.45) is 7.62. The van der Waals surface area contributed by atoms with E-state index in [0.29, 0.717) is 17.1 Å². The highest BCUT2D eigenvalue weighted by atomic mass is 16.5. The Labute approximate surface area is 198 Å². The molecule has 1 saturated carbocycles. The van der Waals surface area contributed by atoms with Crippen LogP contribution in [0.15, 0.2) is 12.3 Å². The lowest BCUT2D eigenvalue weighted by molar-refractivity contribution is -0.140. The van der Waals surface area contributed by atoms with Crippen LogP contribution in [0.5, 0.6) is 0 Å². The van der Waals surface area contributed by atoms with Gasteiger partial charge in [-0.05, 0) is 56.4 Å². The number of H-pyrrole nitrogens is 2. The van der Waals surface area contributed by atoms with Crippen molar-refractivity contribution in [3.05, 3.63) is 23.5 Å². The van der Waals surface area contributed by atoms with E-state index in [2.05, 4.69) is 32.0 Å². The lowest BCUT2D eigenvalue weighted by atomic mass is 9.88. The molecule has 5 atom stereocenters. The van der Waals surface area contributed by atoms with E-state index in [9.17, 15) is 4.79 Å². The van der Waals surface area contributed by atoms with Gasteiger partial charge in [-0.25, -0.2) is 9.97 Å². The molecule has 0 aromatic carbocycles. The Morgan fingerprint density at radius 2 is 2.26 bits per heavy atom. The highest BCUT2D eigenvalue weighted by Crippen LogP contribution is 2.59. The molecule has 3 aromatic heterocycles. The fourth-order valence-corrected chi connectivity index (χ4v) is 6.44. The van der Waals surface area contributed by atoms with Crippen molar-refractivity contribution in [2.24, 2.45) is 11.3 Å². The van der Waals surface area contributed by atoms with Crippen LogP contribution in [0.25, 0.3) is 22.7 Å². The summed E-state index contributed by atoms with van der Waals surface area (Å²) >= 11 is 0.